The summed E-state index contributed by atoms with van der Waals surface area (Å²) >= 11 is 0. The Morgan fingerprint density at radius 1 is 0.917 bits per heavy atom. The number of hydrogen-bond donors (Lipinski definition) is 0. The summed E-state index contributed by atoms with van der Waals surface area (Å²) in [7, 11) is 0. The van der Waals surface area contributed by atoms with Crippen molar-refractivity contribution in [1.29, 1.82) is 0 Å². The molecule has 1 aromatic carbocycles. The highest BCUT2D eigenvalue weighted by Crippen LogP contribution is 2.14. The maximum atomic E-state index is 11.7. The lowest BCUT2D eigenvalue weighted by atomic mass is 10.1. The molecule has 0 saturated heterocycles. The van der Waals surface area contributed by atoms with Gasteiger partial charge in [0.1, 0.15) is 5.75 Å². The van der Waals surface area contributed by atoms with Crippen LogP contribution < -0.4 is 4.74 Å². The van der Waals surface area contributed by atoms with Gasteiger partial charge in [0.05, 0.1) is 6.61 Å². The van der Waals surface area contributed by atoms with E-state index < -0.39 is 0 Å². The van der Waals surface area contributed by atoms with Crippen LogP contribution in [0.4, 0.5) is 0 Å². The number of unbranched alkanes of at least 4 members (excludes halogenated alkanes) is 5. The fourth-order valence-corrected chi connectivity index (χ4v) is 2.40. The first-order valence-electron chi connectivity index (χ1n) is 9.04. The van der Waals surface area contributed by atoms with Crippen molar-refractivity contribution in [1.82, 2.24) is 0 Å². The molecule has 24 heavy (non-hydrogen) atoms. The molecule has 0 aliphatic rings. The van der Waals surface area contributed by atoms with E-state index in [4.69, 9.17) is 9.47 Å². The minimum absolute atomic E-state index is 0.0873. The average Bonchev–Trinajstić information content (AvgIpc) is 2.55. The van der Waals surface area contributed by atoms with Gasteiger partial charge in [-0.3, -0.25) is 9.59 Å². The van der Waals surface area contributed by atoms with Gasteiger partial charge in [0.25, 0.3) is 0 Å². The van der Waals surface area contributed by atoms with Crippen molar-refractivity contribution >= 4 is 11.9 Å². The summed E-state index contributed by atoms with van der Waals surface area (Å²) in [6.45, 7) is 4.49. The van der Waals surface area contributed by atoms with Crippen molar-refractivity contribution in [3.8, 4) is 5.75 Å². The number of hydrogen-bond acceptors (Lipinski definition) is 4. The molecule has 4 nitrogen and oxygen atoms in total. The molecule has 0 saturated carbocycles. The Morgan fingerprint density at radius 3 is 2.17 bits per heavy atom. The van der Waals surface area contributed by atoms with Crippen LogP contribution in [0.15, 0.2) is 24.3 Å². The molecule has 0 atom stereocenters. The molecule has 0 unspecified atom stereocenters. The fraction of sp³-hybridized carbons (Fsp3) is 0.600. The monoisotopic (exact) mass is 334 g/mol. The summed E-state index contributed by atoms with van der Waals surface area (Å²) in [5.41, 5.74) is 1.08. The van der Waals surface area contributed by atoms with Crippen molar-refractivity contribution in [2.45, 2.75) is 71.6 Å². The number of carbonyl (C=O) groups is 2. The van der Waals surface area contributed by atoms with Crippen LogP contribution in [0.3, 0.4) is 0 Å². The molecule has 4 heteroatoms. The molecule has 0 bridgehead atoms. The molecule has 0 spiro atoms. The summed E-state index contributed by atoms with van der Waals surface area (Å²) in [4.78, 5) is 23.1. The minimum atomic E-state index is -0.167. The van der Waals surface area contributed by atoms with Gasteiger partial charge in [-0.15, -0.1) is 0 Å². The van der Waals surface area contributed by atoms with Crippen LogP contribution in [-0.2, 0) is 14.3 Å². The second kappa shape index (κ2) is 12.6. The Morgan fingerprint density at radius 2 is 1.54 bits per heavy atom. The highest BCUT2D eigenvalue weighted by atomic mass is 16.5. The quantitative estimate of drug-likeness (QED) is 0.307. The van der Waals surface area contributed by atoms with Gasteiger partial charge < -0.3 is 9.47 Å². The number of aryl methyl sites for hydroxylation is 1. The first-order chi connectivity index (χ1) is 11.6. The smallest absolute Gasteiger partial charge is 0.311 e. The molecule has 1 aromatic rings. The highest BCUT2D eigenvalue weighted by Gasteiger charge is 2.05. The third kappa shape index (κ3) is 10.0. The molecule has 0 aliphatic carbocycles. The topological polar surface area (TPSA) is 52.6 Å². The molecule has 0 radical (unpaired) electrons. The molecular weight excluding hydrogens is 304 g/mol. The lowest BCUT2D eigenvalue weighted by Crippen LogP contribution is -2.07. The molecule has 0 aliphatic heterocycles. The Labute approximate surface area is 145 Å². The van der Waals surface area contributed by atoms with Crippen molar-refractivity contribution in [3.63, 3.8) is 0 Å². The zero-order valence-corrected chi connectivity index (χ0v) is 15.0. The molecule has 0 amide bonds. The maximum absolute atomic E-state index is 11.7. The predicted molar refractivity (Wildman–Crippen MR) is 95.0 cm³/mol. The van der Waals surface area contributed by atoms with Crippen LogP contribution in [-0.4, -0.2) is 18.5 Å². The summed E-state index contributed by atoms with van der Waals surface area (Å²) < 4.78 is 10.3. The van der Waals surface area contributed by atoms with Crippen molar-refractivity contribution in [3.05, 3.63) is 29.8 Å². The average molecular weight is 334 g/mol. The van der Waals surface area contributed by atoms with Gasteiger partial charge in [-0.1, -0.05) is 44.7 Å². The van der Waals surface area contributed by atoms with Crippen molar-refractivity contribution in [2.75, 3.05) is 6.61 Å². The number of esters is 2. The second-order valence-electron chi connectivity index (χ2n) is 6.13. The predicted octanol–water partition coefficient (Wildman–Crippen LogP) is 4.97. The normalized spacial score (nSPS) is 10.4. The van der Waals surface area contributed by atoms with E-state index in [1.807, 2.05) is 32.0 Å². The van der Waals surface area contributed by atoms with Gasteiger partial charge >= 0.3 is 11.9 Å². The van der Waals surface area contributed by atoms with E-state index in [1.165, 1.54) is 0 Å². The highest BCUT2D eigenvalue weighted by molar-refractivity contribution is 5.72. The van der Waals surface area contributed by atoms with E-state index in [9.17, 15) is 9.59 Å². The van der Waals surface area contributed by atoms with Crippen molar-refractivity contribution in [2.24, 2.45) is 0 Å². The number of benzene rings is 1. The van der Waals surface area contributed by atoms with Crippen LogP contribution >= 0.6 is 0 Å². The number of rotatable bonds is 12. The summed E-state index contributed by atoms with van der Waals surface area (Å²) in [6, 6.07) is 7.52. The Hall–Kier alpha value is -1.84. The Balaban J connectivity index is 1.96. The van der Waals surface area contributed by atoms with Gasteiger partial charge in [0, 0.05) is 12.8 Å². The largest absolute Gasteiger partial charge is 0.466 e. The van der Waals surface area contributed by atoms with Crippen molar-refractivity contribution < 1.29 is 19.1 Å². The van der Waals surface area contributed by atoms with E-state index in [0.29, 0.717) is 25.2 Å². The molecule has 0 fully saturated rings. The van der Waals surface area contributed by atoms with Gasteiger partial charge in [-0.05, 0) is 43.9 Å². The first kappa shape index (κ1) is 20.2. The minimum Gasteiger partial charge on any atom is -0.466 e. The van der Waals surface area contributed by atoms with E-state index in [0.717, 1.165) is 50.5 Å². The zero-order chi connectivity index (χ0) is 17.6. The zero-order valence-electron chi connectivity index (χ0n) is 15.0. The SMILES string of the molecule is CCCOC(=O)CCCCCCCCC(=O)Oc1cccc(C)c1. The van der Waals surface area contributed by atoms with Crippen LogP contribution in [0.25, 0.3) is 0 Å². The van der Waals surface area contributed by atoms with Gasteiger partial charge in [0.2, 0.25) is 0 Å². The molecule has 0 N–H and O–H groups in total. The lowest BCUT2D eigenvalue weighted by molar-refractivity contribution is -0.143. The second-order valence-corrected chi connectivity index (χ2v) is 6.13. The maximum Gasteiger partial charge on any atom is 0.311 e. The number of carbonyl (C=O) groups excluding carboxylic acids is 2. The third-order valence-corrected chi connectivity index (χ3v) is 3.70. The van der Waals surface area contributed by atoms with E-state index in [1.54, 1.807) is 6.07 Å². The van der Waals surface area contributed by atoms with Crippen LogP contribution in [0.5, 0.6) is 5.75 Å². The molecule has 0 heterocycles. The van der Waals surface area contributed by atoms with Crippen LogP contribution in [0, 0.1) is 6.92 Å². The van der Waals surface area contributed by atoms with Crippen LogP contribution in [0.2, 0.25) is 0 Å². The Kier molecular flexibility index (Phi) is 10.6. The summed E-state index contributed by atoms with van der Waals surface area (Å²) in [5.74, 6) is 0.366. The standard InChI is InChI=1S/C20H30O4/c1-3-15-23-19(21)13-8-6-4-5-7-9-14-20(22)24-18-12-10-11-17(2)16-18/h10-12,16H,3-9,13-15H2,1-2H3. The number of ether oxygens (including phenoxy) is 2. The van der Waals surface area contributed by atoms with E-state index >= 15 is 0 Å². The summed E-state index contributed by atoms with van der Waals surface area (Å²) in [6.07, 6.45) is 7.81. The molecular formula is C20H30O4. The van der Waals surface area contributed by atoms with Gasteiger partial charge in [0.15, 0.2) is 0 Å². The van der Waals surface area contributed by atoms with Crippen LogP contribution in [0.1, 0.15) is 70.3 Å². The van der Waals surface area contributed by atoms with E-state index in [2.05, 4.69) is 0 Å². The first-order valence-corrected chi connectivity index (χ1v) is 9.04. The summed E-state index contributed by atoms with van der Waals surface area (Å²) in [5, 5.41) is 0. The van der Waals surface area contributed by atoms with Gasteiger partial charge in [-0.25, -0.2) is 0 Å². The van der Waals surface area contributed by atoms with E-state index in [-0.39, 0.29) is 11.9 Å². The molecule has 134 valence electrons. The van der Waals surface area contributed by atoms with Gasteiger partial charge in [-0.2, -0.15) is 0 Å². The Bertz CT molecular complexity index is 496. The molecule has 0 aromatic heterocycles. The third-order valence-electron chi connectivity index (χ3n) is 3.70. The molecule has 1 rings (SSSR count). The fourth-order valence-electron chi connectivity index (χ4n) is 2.40. The lowest BCUT2D eigenvalue weighted by Gasteiger charge is -2.05.